The van der Waals surface area contributed by atoms with Crippen LogP contribution >= 0.6 is 19.4 Å². The van der Waals surface area contributed by atoms with Crippen molar-refractivity contribution in [2.75, 3.05) is 36.8 Å². The van der Waals surface area contributed by atoms with Crippen LogP contribution in [0.1, 0.15) is 66.1 Å². The van der Waals surface area contributed by atoms with E-state index < -0.39 is 193 Å². The first-order valence-corrected chi connectivity index (χ1v) is 28.0. The molecule has 2 aromatic carbocycles. The lowest BCUT2D eigenvalue weighted by atomic mass is 9.93. The number of carbonyl (C=O) groups is 3. The number of aromatic nitrogens is 5. The van der Waals surface area contributed by atoms with Gasteiger partial charge in [0.05, 0.1) is 40.5 Å². The lowest BCUT2D eigenvalue weighted by molar-refractivity contribution is -0.143. The van der Waals surface area contributed by atoms with Gasteiger partial charge in [-0.2, -0.15) is 49.6 Å². The normalized spacial score (nSPS) is 16.6. The van der Waals surface area contributed by atoms with Crippen molar-refractivity contribution in [3.05, 3.63) is 93.0 Å². The number of pyridine rings is 1. The largest absolute Gasteiger partial charge is 0.472 e. The second kappa shape index (κ2) is 21.5. The summed E-state index contributed by atoms with van der Waals surface area (Å²) in [5, 5.41) is 10.2. The summed E-state index contributed by atoms with van der Waals surface area (Å²) in [6.45, 7) is -3.89. The van der Waals surface area contributed by atoms with E-state index in [1.165, 1.54) is 13.8 Å². The molecular formula is C44H40ClF10N8O13PS2. The van der Waals surface area contributed by atoms with Gasteiger partial charge in [0.15, 0.2) is 21.3 Å². The number of carbonyl (C=O) groups excluding carboxylic acids is 3. The van der Waals surface area contributed by atoms with Crippen LogP contribution in [0, 0.1) is 29.4 Å². The predicted molar refractivity (Wildman–Crippen MR) is 254 cm³/mol. The van der Waals surface area contributed by atoms with Gasteiger partial charge < -0.3 is 29.9 Å². The maximum atomic E-state index is 15.6. The number of amides is 3. The number of alkyl carbamates (subject to hydrolysis) is 1. The first kappa shape index (κ1) is 60.1. The molecule has 0 aliphatic heterocycles. The number of fused-ring (bicyclic) bond motifs is 4. The number of benzene rings is 2. The van der Waals surface area contributed by atoms with E-state index in [1.807, 2.05) is 5.32 Å². The number of alkyl halides is 8. The van der Waals surface area contributed by atoms with Crippen molar-refractivity contribution in [3.63, 3.8) is 0 Å². The Labute approximate surface area is 444 Å². The Morgan fingerprint density at radius 2 is 1.61 bits per heavy atom. The molecule has 3 atom stereocenters. The Bertz CT molecular complexity index is 3620. The second-order valence-corrected chi connectivity index (χ2v) is 24.3. The van der Waals surface area contributed by atoms with E-state index in [2.05, 4.69) is 41.6 Å². The number of phosphoric ester groups is 1. The van der Waals surface area contributed by atoms with Crippen molar-refractivity contribution in [1.29, 1.82) is 0 Å². The molecule has 1 unspecified atom stereocenters. The van der Waals surface area contributed by atoms with Gasteiger partial charge in [-0.15, -0.1) is 0 Å². The molecule has 1 fully saturated rings. The molecule has 0 spiro atoms. The summed E-state index contributed by atoms with van der Waals surface area (Å²) in [6.07, 6.45) is -13.6. The van der Waals surface area contributed by atoms with E-state index in [4.69, 9.17) is 26.1 Å². The third-order valence-electron chi connectivity index (χ3n) is 12.0. The van der Waals surface area contributed by atoms with Crippen LogP contribution in [0.4, 0.5) is 59.3 Å². The summed E-state index contributed by atoms with van der Waals surface area (Å²) in [4.78, 5) is 61.6. The minimum atomic E-state index is -5.26. The number of phosphoric acid groups is 1. The van der Waals surface area contributed by atoms with Gasteiger partial charge >= 0.3 is 32.4 Å². The molecule has 0 radical (unpaired) electrons. The molecule has 0 bridgehead atoms. The van der Waals surface area contributed by atoms with Crippen LogP contribution in [-0.4, -0.2) is 113 Å². The van der Waals surface area contributed by atoms with Gasteiger partial charge in [0, 0.05) is 34.9 Å². The fourth-order valence-corrected chi connectivity index (χ4v) is 9.76. The molecule has 3 heterocycles. The van der Waals surface area contributed by atoms with E-state index in [-0.39, 0.29) is 31.3 Å². The number of sulfonamides is 1. The molecule has 1 saturated carbocycles. The van der Waals surface area contributed by atoms with Gasteiger partial charge in [0.2, 0.25) is 22.7 Å². The van der Waals surface area contributed by atoms with Gasteiger partial charge in [-0.25, -0.2) is 49.3 Å². The van der Waals surface area contributed by atoms with Crippen molar-refractivity contribution in [2.45, 2.75) is 74.8 Å². The summed E-state index contributed by atoms with van der Waals surface area (Å²) in [7, 11) is -14.0. The number of anilines is 1. The highest BCUT2D eigenvalue weighted by Gasteiger charge is 2.68. The maximum absolute atomic E-state index is 15.6. The van der Waals surface area contributed by atoms with Gasteiger partial charge in [-0.1, -0.05) is 23.6 Å². The third kappa shape index (κ3) is 13.6. The summed E-state index contributed by atoms with van der Waals surface area (Å²) in [5.41, 5.74) is -6.50. The summed E-state index contributed by atoms with van der Waals surface area (Å²) < 4.78 is 222. The second-order valence-electron chi connectivity index (χ2n) is 18.3. The van der Waals surface area contributed by atoms with Crippen molar-refractivity contribution in [1.82, 2.24) is 35.2 Å². The molecule has 428 valence electrons. The number of ether oxygens (including phenoxy) is 2. The standard InChI is InChI=1S/C44H40ClF10N8O13PS2/c1-41(2,78(3,70)71)10-9-24-5-6-25(34(57-24)30(15-21-13-22(46)16-23(47)14-21)58-31(64)18-61-37-32(36(59-61)44(53,54)55)27-17-28(27)43(37,51)52)26-7-8-29(45)33-35(26)62(19-42(48,49)50)60-38(33)63(79(4,72)73)40(66)74-12-11-56-39(65)75-20-76-77(67,68)69/h5-8,13-14,16,27-28,30H,11-12,15,17-20H2,1-4H3,(H,56,65)(H,58,64)(H2,67,68,69)/t27-,28?,30-/m0/s1. The van der Waals surface area contributed by atoms with Gasteiger partial charge in [-0.05, 0) is 74.4 Å². The van der Waals surface area contributed by atoms with Crippen molar-refractivity contribution < 1.29 is 103 Å². The highest BCUT2D eigenvalue weighted by molar-refractivity contribution is 7.93. The lowest BCUT2D eigenvalue weighted by Crippen LogP contribution is -2.39. The fourth-order valence-electron chi connectivity index (χ4n) is 8.33. The monoisotopic (exact) mass is 1210 g/mol. The molecule has 79 heavy (non-hydrogen) atoms. The topological polar surface area (TPSA) is 281 Å². The first-order chi connectivity index (χ1) is 36.3. The number of halogens is 11. The number of nitrogens with zero attached hydrogens (tertiary/aromatic N) is 6. The Morgan fingerprint density at radius 3 is 2.20 bits per heavy atom. The smallest absolute Gasteiger partial charge is 0.447 e. The number of nitrogens with one attached hydrogen (secondary N) is 2. The zero-order chi connectivity index (χ0) is 58.7. The van der Waals surface area contributed by atoms with Crippen LogP contribution in [-0.2, 0) is 74.8 Å². The molecule has 5 aromatic rings. The predicted octanol–water partition coefficient (Wildman–Crippen LogP) is 6.99. The SMILES string of the molecule is CC(C)(C#Cc1ccc(-c2ccc(Cl)c3c(N(C(=O)OCCNC(=O)OCOP(=O)(O)O)S(C)(=O)=O)nn(CC(F)(F)F)c23)c([C@H](Cc2cc(F)cc(F)c2)NC(=O)Cn2nc(C(F)(F)F)c3c2C(F)(F)C2C[C@H]32)n1)S(C)(=O)=O. The minimum absolute atomic E-state index is 0.150. The van der Waals surface area contributed by atoms with E-state index in [0.717, 1.165) is 42.7 Å². The van der Waals surface area contributed by atoms with Gasteiger partial charge in [0.1, 0.15) is 47.5 Å². The van der Waals surface area contributed by atoms with Crippen molar-refractivity contribution in [2.24, 2.45) is 5.92 Å². The average molecular weight is 1210 g/mol. The van der Waals surface area contributed by atoms with E-state index >= 15 is 8.78 Å². The number of hydrogen-bond acceptors (Lipinski definition) is 14. The molecule has 3 amide bonds. The van der Waals surface area contributed by atoms with Crippen LogP contribution in [0.15, 0.2) is 42.5 Å². The van der Waals surface area contributed by atoms with Crippen LogP contribution in [0.5, 0.6) is 0 Å². The zero-order valence-electron chi connectivity index (χ0n) is 40.7. The van der Waals surface area contributed by atoms with Gasteiger partial charge in [0.25, 0.3) is 5.92 Å². The molecule has 4 N–H and O–H groups in total. The van der Waals surface area contributed by atoms with E-state index in [1.54, 1.807) is 0 Å². The van der Waals surface area contributed by atoms with E-state index in [9.17, 15) is 70.9 Å². The fraction of sp³-hybridized carbons (Fsp3) is 0.409. The number of rotatable bonds is 17. The Morgan fingerprint density at radius 1 is 0.962 bits per heavy atom. The summed E-state index contributed by atoms with van der Waals surface area (Å²) in [5.74, 6) is -6.53. The van der Waals surface area contributed by atoms with Crippen molar-refractivity contribution in [3.8, 4) is 23.0 Å². The summed E-state index contributed by atoms with van der Waals surface area (Å²) >= 11 is 6.60. The molecular weight excluding hydrogens is 1170 g/mol. The molecule has 3 aromatic heterocycles. The van der Waals surface area contributed by atoms with Crippen LogP contribution in [0.25, 0.3) is 22.0 Å². The van der Waals surface area contributed by atoms with Crippen molar-refractivity contribution >= 4 is 74.1 Å². The minimum Gasteiger partial charge on any atom is -0.447 e. The third-order valence-corrected chi connectivity index (χ3v) is 15.7. The molecule has 35 heteroatoms. The number of hydrogen-bond donors (Lipinski definition) is 4. The quantitative estimate of drug-likeness (QED) is 0.0240. The van der Waals surface area contributed by atoms with E-state index in [0.29, 0.717) is 12.3 Å². The summed E-state index contributed by atoms with van der Waals surface area (Å²) in [6, 6.07) is 4.28. The van der Waals surface area contributed by atoms with Crippen LogP contribution in [0.2, 0.25) is 5.02 Å². The molecule has 2 aliphatic rings. The Balaban J connectivity index is 1.40. The zero-order valence-corrected chi connectivity index (χ0v) is 44.0. The highest BCUT2D eigenvalue weighted by atomic mass is 35.5. The highest BCUT2D eigenvalue weighted by Crippen LogP contribution is 2.68. The number of sulfone groups is 1. The average Bonchev–Trinajstić information content (AvgIpc) is 3.62. The molecule has 7 rings (SSSR count). The first-order valence-electron chi connectivity index (χ1n) is 22.4. The van der Waals surface area contributed by atoms with Crippen LogP contribution in [0.3, 0.4) is 0 Å². The molecule has 21 nitrogen and oxygen atoms in total. The molecule has 2 aliphatic carbocycles. The molecule has 0 saturated heterocycles. The Kier molecular flexibility index (Phi) is 16.3. The van der Waals surface area contributed by atoms with Crippen LogP contribution < -0.4 is 14.9 Å². The van der Waals surface area contributed by atoms with Gasteiger partial charge in [-0.3, -0.25) is 14.2 Å². The Hall–Kier alpha value is -6.56. The maximum Gasteiger partial charge on any atom is 0.472 e. The lowest BCUT2D eigenvalue weighted by Gasteiger charge is -2.23.